The van der Waals surface area contributed by atoms with Gasteiger partial charge in [0.15, 0.2) is 0 Å². The van der Waals surface area contributed by atoms with Crippen LogP contribution in [0.25, 0.3) is 0 Å². The molecule has 0 saturated carbocycles. The molecule has 1 atom stereocenters. The molecule has 0 saturated heterocycles. The van der Waals surface area contributed by atoms with Gasteiger partial charge >= 0.3 is 6.18 Å². The van der Waals surface area contributed by atoms with Gasteiger partial charge in [0.1, 0.15) is 12.6 Å². The molecule has 0 spiro atoms. The second-order valence-electron chi connectivity index (χ2n) is 1.87. The van der Waals surface area contributed by atoms with Gasteiger partial charge in [-0.15, -0.1) is 6.42 Å². The van der Waals surface area contributed by atoms with E-state index in [1.807, 2.05) is 5.92 Å². The standard InChI is InChI=1S/C6H8F3NO/c1-2-3-11-4-5(10)6(7,8)9/h1,5H,3-4,10H2/t5-/m1/s1. The largest absolute Gasteiger partial charge is 0.405 e. The average Bonchev–Trinajstić information content (AvgIpc) is 1.86. The average molecular weight is 167 g/mol. The third-order valence-corrected chi connectivity index (χ3v) is 0.903. The number of halogens is 3. The van der Waals surface area contributed by atoms with Crippen LogP contribution in [0.15, 0.2) is 0 Å². The lowest BCUT2D eigenvalue weighted by molar-refractivity contribution is -0.158. The molecule has 64 valence electrons. The summed E-state index contributed by atoms with van der Waals surface area (Å²) in [5, 5.41) is 0. The molecule has 0 amide bonds. The van der Waals surface area contributed by atoms with Crippen molar-refractivity contribution in [2.45, 2.75) is 12.2 Å². The van der Waals surface area contributed by atoms with Gasteiger partial charge in [-0.1, -0.05) is 5.92 Å². The summed E-state index contributed by atoms with van der Waals surface area (Å²) in [5.41, 5.74) is 4.67. The maximum atomic E-state index is 11.6. The van der Waals surface area contributed by atoms with Crippen LogP contribution in [0.5, 0.6) is 0 Å². The summed E-state index contributed by atoms with van der Waals surface area (Å²) >= 11 is 0. The summed E-state index contributed by atoms with van der Waals surface area (Å²) in [5.74, 6) is 2.03. The van der Waals surface area contributed by atoms with E-state index in [4.69, 9.17) is 6.42 Å². The molecule has 0 radical (unpaired) electrons. The number of hydrogen-bond donors (Lipinski definition) is 1. The number of ether oxygens (including phenoxy) is 1. The van der Waals surface area contributed by atoms with Crippen LogP contribution >= 0.6 is 0 Å². The minimum Gasteiger partial charge on any atom is -0.367 e. The highest BCUT2D eigenvalue weighted by molar-refractivity contribution is 4.83. The van der Waals surface area contributed by atoms with Crippen LogP contribution in [0.4, 0.5) is 13.2 Å². The highest BCUT2D eigenvalue weighted by Gasteiger charge is 2.36. The van der Waals surface area contributed by atoms with Crippen LogP contribution in [0.1, 0.15) is 0 Å². The van der Waals surface area contributed by atoms with Crippen molar-refractivity contribution < 1.29 is 17.9 Å². The first-order valence-electron chi connectivity index (χ1n) is 2.82. The fraction of sp³-hybridized carbons (Fsp3) is 0.667. The Hall–Kier alpha value is -0.730. The zero-order valence-corrected chi connectivity index (χ0v) is 5.69. The highest BCUT2D eigenvalue weighted by Crippen LogP contribution is 2.18. The lowest BCUT2D eigenvalue weighted by Gasteiger charge is -2.14. The van der Waals surface area contributed by atoms with E-state index in [0.29, 0.717) is 0 Å². The normalized spacial score (nSPS) is 14.1. The molecule has 2 N–H and O–H groups in total. The highest BCUT2D eigenvalue weighted by atomic mass is 19.4. The number of hydrogen-bond acceptors (Lipinski definition) is 2. The SMILES string of the molecule is C#CCOC[C@@H](N)C(F)(F)F. The third-order valence-electron chi connectivity index (χ3n) is 0.903. The third kappa shape index (κ3) is 4.65. The van der Waals surface area contributed by atoms with Gasteiger partial charge in [0.2, 0.25) is 0 Å². The Labute approximate surface area is 62.5 Å². The van der Waals surface area contributed by atoms with Gasteiger partial charge in [-0.2, -0.15) is 13.2 Å². The fourth-order valence-electron chi connectivity index (χ4n) is 0.339. The van der Waals surface area contributed by atoms with Crippen molar-refractivity contribution in [2.24, 2.45) is 5.73 Å². The van der Waals surface area contributed by atoms with Gasteiger partial charge in [-0.05, 0) is 0 Å². The second kappa shape index (κ2) is 4.21. The van der Waals surface area contributed by atoms with E-state index < -0.39 is 18.8 Å². The van der Waals surface area contributed by atoms with Crippen molar-refractivity contribution in [1.29, 1.82) is 0 Å². The van der Waals surface area contributed by atoms with Crippen molar-refractivity contribution in [3.05, 3.63) is 0 Å². The molecule has 0 unspecified atom stereocenters. The van der Waals surface area contributed by atoms with E-state index in [1.54, 1.807) is 0 Å². The monoisotopic (exact) mass is 167 g/mol. The van der Waals surface area contributed by atoms with Crippen LogP contribution in [-0.2, 0) is 4.74 Å². The van der Waals surface area contributed by atoms with Crippen molar-refractivity contribution in [3.63, 3.8) is 0 Å². The quantitative estimate of drug-likeness (QED) is 0.491. The lowest BCUT2D eigenvalue weighted by atomic mass is 10.3. The molecule has 0 rings (SSSR count). The summed E-state index contributed by atoms with van der Waals surface area (Å²) in [4.78, 5) is 0. The molecule has 0 aliphatic heterocycles. The van der Waals surface area contributed by atoms with E-state index in [2.05, 4.69) is 10.5 Å². The summed E-state index contributed by atoms with van der Waals surface area (Å²) in [6, 6.07) is -1.95. The van der Waals surface area contributed by atoms with Crippen LogP contribution < -0.4 is 5.73 Å². The summed E-state index contributed by atoms with van der Waals surface area (Å²) in [6.45, 7) is -0.739. The van der Waals surface area contributed by atoms with Gasteiger partial charge in [0.05, 0.1) is 6.61 Å². The Morgan fingerprint density at radius 2 is 2.09 bits per heavy atom. The Kier molecular flexibility index (Phi) is 3.93. The Balaban J connectivity index is 3.55. The summed E-state index contributed by atoms with van der Waals surface area (Å²) < 4.78 is 39.2. The Bertz CT molecular complexity index is 149. The van der Waals surface area contributed by atoms with Crippen molar-refractivity contribution in [3.8, 4) is 12.3 Å². The number of alkyl halides is 3. The number of terminal acetylenes is 1. The lowest BCUT2D eigenvalue weighted by Crippen LogP contribution is -2.41. The first-order chi connectivity index (χ1) is 4.98. The molecule has 0 aliphatic carbocycles. The zero-order valence-electron chi connectivity index (χ0n) is 5.69. The molecule has 0 aromatic carbocycles. The van der Waals surface area contributed by atoms with Gasteiger partial charge in [0.25, 0.3) is 0 Å². The molecule has 0 bridgehead atoms. The van der Waals surface area contributed by atoms with Crippen LogP contribution in [0, 0.1) is 12.3 Å². The second-order valence-corrected chi connectivity index (χ2v) is 1.87. The van der Waals surface area contributed by atoms with Gasteiger partial charge < -0.3 is 10.5 Å². The molecule has 0 aliphatic rings. The molecular formula is C6H8F3NO. The minimum absolute atomic E-state index is 0.149. The molecule has 0 heterocycles. The zero-order chi connectivity index (χ0) is 8.91. The van der Waals surface area contributed by atoms with Gasteiger partial charge in [-0.3, -0.25) is 0 Å². The van der Waals surface area contributed by atoms with Crippen LogP contribution in [0.2, 0.25) is 0 Å². The van der Waals surface area contributed by atoms with Gasteiger partial charge in [-0.25, -0.2) is 0 Å². The van der Waals surface area contributed by atoms with Crippen molar-refractivity contribution in [2.75, 3.05) is 13.2 Å². The van der Waals surface area contributed by atoms with Gasteiger partial charge in [0, 0.05) is 0 Å². The van der Waals surface area contributed by atoms with Crippen molar-refractivity contribution in [1.82, 2.24) is 0 Å². The van der Waals surface area contributed by atoms with E-state index in [-0.39, 0.29) is 6.61 Å². The molecule has 5 heteroatoms. The smallest absolute Gasteiger partial charge is 0.367 e. The van der Waals surface area contributed by atoms with E-state index in [9.17, 15) is 13.2 Å². The summed E-state index contributed by atoms with van der Waals surface area (Å²) in [7, 11) is 0. The first kappa shape index (κ1) is 10.3. The first-order valence-corrected chi connectivity index (χ1v) is 2.82. The minimum atomic E-state index is -4.41. The van der Waals surface area contributed by atoms with Crippen molar-refractivity contribution >= 4 is 0 Å². The summed E-state index contributed by atoms with van der Waals surface area (Å²) in [6.07, 6.45) is 0.319. The predicted octanol–water partition coefficient (Wildman–Crippen LogP) is 0.526. The predicted molar refractivity (Wildman–Crippen MR) is 33.7 cm³/mol. The van der Waals surface area contributed by atoms with Crippen LogP contribution in [-0.4, -0.2) is 25.4 Å². The fourth-order valence-corrected chi connectivity index (χ4v) is 0.339. The molecule has 2 nitrogen and oxygen atoms in total. The molecule has 0 aromatic rings. The molecule has 0 fully saturated rings. The maximum absolute atomic E-state index is 11.6. The molecular weight excluding hydrogens is 159 g/mol. The van der Waals surface area contributed by atoms with E-state index in [0.717, 1.165) is 0 Å². The maximum Gasteiger partial charge on any atom is 0.405 e. The molecule has 11 heavy (non-hydrogen) atoms. The number of rotatable bonds is 3. The van der Waals surface area contributed by atoms with E-state index in [1.165, 1.54) is 0 Å². The molecule has 0 aromatic heterocycles. The van der Waals surface area contributed by atoms with E-state index >= 15 is 0 Å². The Morgan fingerprint density at radius 3 is 2.45 bits per heavy atom. The number of nitrogens with two attached hydrogens (primary N) is 1. The Morgan fingerprint density at radius 1 is 1.55 bits per heavy atom. The topological polar surface area (TPSA) is 35.2 Å². The van der Waals surface area contributed by atoms with Crippen LogP contribution in [0.3, 0.4) is 0 Å².